The molecule has 2 rings (SSSR count). The number of likely N-dealkylation sites (tertiary alicyclic amines) is 2. The first kappa shape index (κ1) is 14.6. The summed E-state index contributed by atoms with van der Waals surface area (Å²) in [6.07, 6.45) is 8.74. The van der Waals surface area contributed by atoms with Crippen molar-refractivity contribution < 1.29 is 5.11 Å². The van der Waals surface area contributed by atoms with Crippen molar-refractivity contribution in [3.8, 4) is 0 Å². The van der Waals surface area contributed by atoms with E-state index in [0.717, 1.165) is 18.3 Å². The topological polar surface area (TPSA) is 26.7 Å². The lowest BCUT2D eigenvalue weighted by atomic mass is 10.0. The summed E-state index contributed by atoms with van der Waals surface area (Å²) < 4.78 is 0. The highest BCUT2D eigenvalue weighted by Crippen LogP contribution is 2.20. The van der Waals surface area contributed by atoms with Crippen LogP contribution in [0.25, 0.3) is 0 Å². The molecule has 0 aromatic heterocycles. The van der Waals surface area contributed by atoms with Gasteiger partial charge < -0.3 is 5.11 Å². The minimum atomic E-state index is -0.153. The number of β-amino-alcohol motifs (C(OH)–C–C–N with tert-alkyl or cyclic N) is 1. The average Bonchev–Trinajstić information content (AvgIpc) is 2.40. The van der Waals surface area contributed by atoms with Crippen LogP contribution in [0.3, 0.4) is 0 Å². The zero-order valence-corrected chi connectivity index (χ0v) is 12.5. The lowest BCUT2D eigenvalue weighted by Gasteiger charge is -2.41. The highest BCUT2D eigenvalue weighted by atomic mass is 32.2. The molecule has 1 N–H and O–H groups in total. The summed E-state index contributed by atoms with van der Waals surface area (Å²) in [5, 5.41) is 9.92. The van der Waals surface area contributed by atoms with Crippen molar-refractivity contribution in [2.24, 2.45) is 0 Å². The molecular weight excluding hydrogens is 244 g/mol. The van der Waals surface area contributed by atoms with Crippen LogP contribution < -0.4 is 0 Å². The van der Waals surface area contributed by atoms with Gasteiger partial charge >= 0.3 is 0 Å². The molecule has 0 radical (unpaired) electrons. The molecule has 0 unspecified atom stereocenters. The van der Waals surface area contributed by atoms with Gasteiger partial charge in [0, 0.05) is 24.9 Å². The number of hydrogen-bond donors (Lipinski definition) is 1. The zero-order chi connectivity index (χ0) is 12.8. The molecule has 0 aromatic carbocycles. The van der Waals surface area contributed by atoms with E-state index in [9.17, 15) is 5.11 Å². The summed E-state index contributed by atoms with van der Waals surface area (Å²) in [6, 6.07) is 0.750. The molecule has 106 valence electrons. The standard InChI is InChI=1S/C14H28N2OS/c1-18-12-14(17)11-15-7-5-6-13(10-15)16-8-3-2-4-9-16/h13-14,17H,2-12H2,1H3/t13-,14+/m0/s1. The normalized spacial score (nSPS) is 29.3. The Morgan fingerprint density at radius 3 is 2.67 bits per heavy atom. The summed E-state index contributed by atoms with van der Waals surface area (Å²) >= 11 is 1.74. The first-order valence-electron chi connectivity index (χ1n) is 7.43. The van der Waals surface area contributed by atoms with E-state index >= 15 is 0 Å². The van der Waals surface area contributed by atoms with Crippen molar-refractivity contribution in [1.82, 2.24) is 9.80 Å². The summed E-state index contributed by atoms with van der Waals surface area (Å²) in [6.45, 7) is 5.81. The fourth-order valence-corrected chi connectivity index (χ4v) is 3.81. The van der Waals surface area contributed by atoms with Crippen LogP contribution in [-0.2, 0) is 0 Å². The van der Waals surface area contributed by atoms with Gasteiger partial charge in [0.2, 0.25) is 0 Å². The zero-order valence-electron chi connectivity index (χ0n) is 11.7. The molecule has 0 saturated carbocycles. The Morgan fingerprint density at radius 1 is 1.17 bits per heavy atom. The van der Waals surface area contributed by atoms with Crippen molar-refractivity contribution in [3.63, 3.8) is 0 Å². The van der Waals surface area contributed by atoms with Crippen LogP contribution >= 0.6 is 11.8 Å². The number of rotatable bonds is 5. The van der Waals surface area contributed by atoms with Gasteiger partial charge in [0.25, 0.3) is 0 Å². The third kappa shape index (κ3) is 4.41. The van der Waals surface area contributed by atoms with Gasteiger partial charge in [-0.2, -0.15) is 11.8 Å². The summed E-state index contributed by atoms with van der Waals surface area (Å²) in [5.74, 6) is 0.866. The van der Waals surface area contributed by atoms with Crippen LogP contribution in [0.4, 0.5) is 0 Å². The van der Waals surface area contributed by atoms with Crippen molar-refractivity contribution >= 4 is 11.8 Å². The molecule has 4 heteroatoms. The number of aliphatic hydroxyl groups is 1. The van der Waals surface area contributed by atoms with Crippen molar-refractivity contribution in [1.29, 1.82) is 0 Å². The van der Waals surface area contributed by atoms with Gasteiger partial charge in [0.15, 0.2) is 0 Å². The number of nitrogens with zero attached hydrogens (tertiary/aromatic N) is 2. The second-order valence-electron chi connectivity index (χ2n) is 5.76. The Hall–Kier alpha value is 0.230. The smallest absolute Gasteiger partial charge is 0.0757 e. The van der Waals surface area contributed by atoms with Gasteiger partial charge in [-0.15, -0.1) is 0 Å². The number of thioether (sulfide) groups is 1. The van der Waals surface area contributed by atoms with E-state index < -0.39 is 0 Å². The highest BCUT2D eigenvalue weighted by Gasteiger charge is 2.26. The minimum Gasteiger partial charge on any atom is -0.391 e. The number of hydrogen-bond acceptors (Lipinski definition) is 4. The lowest BCUT2D eigenvalue weighted by Crippen LogP contribution is -2.51. The lowest BCUT2D eigenvalue weighted by molar-refractivity contribution is 0.0566. The van der Waals surface area contributed by atoms with E-state index in [1.54, 1.807) is 11.8 Å². The fraction of sp³-hybridized carbons (Fsp3) is 1.00. The van der Waals surface area contributed by atoms with E-state index in [-0.39, 0.29) is 6.10 Å². The molecule has 3 nitrogen and oxygen atoms in total. The second-order valence-corrected chi connectivity index (χ2v) is 6.67. The first-order chi connectivity index (χ1) is 8.79. The third-order valence-electron chi connectivity index (χ3n) is 4.22. The van der Waals surface area contributed by atoms with Gasteiger partial charge in [-0.05, 0) is 51.6 Å². The van der Waals surface area contributed by atoms with Crippen molar-refractivity contribution in [2.75, 3.05) is 44.7 Å². The van der Waals surface area contributed by atoms with E-state index in [4.69, 9.17) is 0 Å². The molecule has 0 aromatic rings. The summed E-state index contributed by atoms with van der Waals surface area (Å²) in [4.78, 5) is 5.17. The molecule has 0 amide bonds. The quantitative estimate of drug-likeness (QED) is 0.823. The Labute approximate surface area is 116 Å². The molecule has 2 saturated heterocycles. The Morgan fingerprint density at radius 2 is 1.94 bits per heavy atom. The third-order valence-corrected chi connectivity index (χ3v) is 4.93. The van der Waals surface area contributed by atoms with E-state index in [0.29, 0.717) is 0 Å². The van der Waals surface area contributed by atoms with E-state index in [2.05, 4.69) is 16.1 Å². The van der Waals surface area contributed by atoms with Gasteiger partial charge in [-0.1, -0.05) is 6.42 Å². The molecule has 0 spiro atoms. The van der Waals surface area contributed by atoms with Gasteiger partial charge in [-0.3, -0.25) is 9.80 Å². The molecule has 0 bridgehead atoms. The molecule has 0 aliphatic carbocycles. The van der Waals surface area contributed by atoms with Crippen LogP contribution in [0, 0.1) is 0 Å². The Kier molecular flexibility index (Phi) is 6.29. The maximum absolute atomic E-state index is 9.92. The van der Waals surface area contributed by atoms with Crippen molar-refractivity contribution in [3.05, 3.63) is 0 Å². The average molecular weight is 272 g/mol. The fourth-order valence-electron chi connectivity index (χ4n) is 3.32. The maximum atomic E-state index is 9.92. The van der Waals surface area contributed by atoms with Crippen molar-refractivity contribution in [2.45, 2.75) is 44.2 Å². The molecule has 2 aliphatic heterocycles. The maximum Gasteiger partial charge on any atom is 0.0757 e. The molecular formula is C14H28N2OS. The highest BCUT2D eigenvalue weighted by molar-refractivity contribution is 7.98. The monoisotopic (exact) mass is 272 g/mol. The van der Waals surface area contributed by atoms with E-state index in [1.807, 2.05) is 0 Å². The molecule has 2 fully saturated rings. The molecule has 2 atom stereocenters. The SMILES string of the molecule is CSC[C@H](O)CN1CCC[C@H](N2CCCCC2)C1. The van der Waals surface area contributed by atoms with Crippen LogP contribution in [0.15, 0.2) is 0 Å². The first-order valence-corrected chi connectivity index (χ1v) is 8.82. The van der Waals surface area contributed by atoms with Crippen LogP contribution in [0.2, 0.25) is 0 Å². The minimum absolute atomic E-state index is 0.153. The van der Waals surface area contributed by atoms with E-state index in [1.165, 1.54) is 58.3 Å². The van der Waals surface area contributed by atoms with Gasteiger partial charge in [0.1, 0.15) is 0 Å². The van der Waals surface area contributed by atoms with Gasteiger partial charge in [0.05, 0.1) is 6.10 Å². The van der Waals surface area contributed by atoms with Crippen LogP contribution in [-0.4, -0.2) is 71.8 Å². The summed E-state index contributed by atoms with van der Waals surface area (Å²) in [5.41, 5.74) is 0. The largest absolute Gasteiger partial charge is 0.391 e. The number of piperidine rings is 2. The molecule has 18 heavy (non-hydrogen) atoms. The predicted molar refractivity (Wildman–Crippen MR) is 79.3 cm³/mol. The van der Waals surface area contributed by atoms with Crippen LogP contribution in [0.5, 0.6) is 0 Å². The Balaban J connectivity index is 1.76. The second kappa shape index (κ2) is 7.73. The number of aliphatic hydroxyl groups excluding tert-OH is 1. The van der Waals surface area contributed by atoms with Crippen LogP contribution in [0.1, 0.15) is 32.1 Å². The Bertz CT molecular complexity index is 234. The molecule has 2 aliphatic rings. The summed E-state index contributed by atoms with van der Waals surface area (Å²) in [7, 11) is 0. The predicted octanol–water partition coefficient (Wildman–Crippen LogP) is 1.66. The molecule has 2 heterocycles. The van der Waals surface area contributed by atoms with Gasteiger partial charge in [-0.25, -0.2) is 0 Å².